The molecule has 0 unspecified atom stereocenters. The van der Waals surface area contributed by atoms with Crippen molar-refractivity contribution in [3.8, 4) is 5.75 Å². The van der Waals surface area contributed by atoms with Crippen molar-refractivity contribution in [3.05, 3.63) is 94.5 Å². The lowest BCUT2D eigenvalue weighted by Crippen LogP contribution is -2.39. The molecule has 1 saturated carbocycles. The molecule has 2 aromatic heterocycles. The number of carbonyl (C=O) groups excluding carboxylic acids is 4. The van der Waals surface area contributed by atoms with Crippen molar-refractivity contribution in [2.75, 3.05) is 17.0 Å². The maximum Gasteiger partial charge on any atom is 0.423 e. The van der Waals surface area contributed by atoms with E-state index in [0.29, 0.717) is 16.7 Å². The summed E-state index contributed by atoms with van der Waals surface area (Å²) >= 11 is 0. The highest BCUT2D eigenvalue weighted by molar-refractivity contribution is 6.21. The second-order valence-corrected chi connectivity index (χ2v) is 9.98. The zero-order valence-electron chi connectivity index (χ0n) is 23.7. The summed E-state index contributed by atoms with van der Waals surface area (Å²) in [6.07, 6.45) is 3.45. The summed E-state index contributed by atoms with van der Waals surface area (Å²) in [5, 5.41) is 27.6. The second kappa shape index (κ2) is 12.5. The number of aromatic nitrogens is 2. The molecule has 1 fully saturated rings. The largest absolute Gasteiger partial charge is 0.508 e. The van der Waals surface area contributed by atoms with Gasteiger partial charge >= 0.3 is 12.1 Å². The number of benzene rings is 2. The van der Waals surface area contributed by atoms with E-state index in [9.17, 15) is 24.3 Å². The van der Waals surface area contributed by atoms with Crippen molar-refractivity contribution in [3.63, 3.8) is 0 Å². The van der Waals surface area contributed by atoms with Crippen molar-refractivity contribution < 1.29 is 38.3 Å². The van der Waals surface area contributed by atoms with E-state index in [2.05, 4.69) is 20.8 Å². The minimum atomic E-state index is -1.09. The van der Waals surface area contributed by atoms with Gasteiger partial charge in [-0.05, 0) is 74.2 Å². The number of rotatable bonds is 9. The van der Waals surface area contributed by atoms with Gasteiger partial charge in [0, 0.05) is 23.9 Å². The molecule has 0 atom stereocenters. The Morgan fingerprint density at radius 3 is 2.45 bits per heavy atom. The quantitative estimate of drug-likeness (QED) is 0.0806. The van der Waals surface area contributed by atoms with Crippen LogP contribution in [0.15, 0.2) is 65.5 Å². The summed E-state index contributed by atoms with van der Waals surface area (Å²) in [4.78, 5) is 55.4. The summed E-state index contributed by atoms with van der Waals surface area (Å²) in [5.41, 5.74) is 1.75. The Morgan fingerprint density at radius 1 is 1.05 bits per heavy atom. The predicted molar refractivity (Wildman–Crippen MR) is 156 cm³/mol. The maximum atomic E-state index is 13.5. The number of nitrogens with zero attached hydrogens (tertiary/aromatic N) is 2. The fraction of sp³-hybridized carbons (Fsp3) is 0.200. The van der Waals surface area contributed by atoms with Gasteiger partial charge in [0.1, 0.15) is 12.0 Å². The van der Waals surface area contributed by atoms with Crippen LogP contribution in [0, 0.1) is 19.3 Å². The number of amides is 3. The Hall–Kier alpha value is -5.92. The normalized spacial score (nSPS) is 12.2. The van der Waals surface area contributed by atoms with E-state index in [-0.39, 0.29) is 51.9 Å². The molecule has 3 amide bonds. The lowest BCUT2D eigenvalue weighted by molar-refractivity contribution is 0.0000924. The van der Waals surface area contributed by atoms with Crippen LogP contribution in [0.3, 0.4) is 0 Å². The Kier molecular flexibility index (Phi) is 8.42. The molecule has 5 N–H and O–H groups in total. The first-order chi connectivity index (χ1) is 21.1. The number of H-pyrrole nitrogens is 1. The van der Waals surface area contributed by atoms with Gasteiger partial charge in [0.2, 0.25) is 6.79 Å². The summed E-state index contributed by atoms with van der Waals surface area (Å²) in [7, 11) is 0. The molecular formula is C30H28N6O8. The highest BCUT2D eigenvalue weighted by Crippen LogP contribution is 2.27. The number of amidine groups is 1. The van der Waals surface area contributed by atoms with Crippen LogP contribution in [-0.2, 0) is 9.47 Å². The van der Waals surface area contributed by atoms with Crippen molar-refractivity contribution in [2.45, 2.75) is 32.7 Å². The number of nitrogens with one attached hydrogen (secondary N) is 4. The summed E-state index contributed by atoms with van der Waals surface area (Å²) in [6.45, 7) is 2.51. The van der Waals surface area contributed by atoms with Crippen LogP contribution in [0.2, 0.25) is 0 Å². The molecule has 44 heavy (non-hydrogen) atoms. The molecule has 1 aliphatic rings. The number of phenols is 1. The van der Waals surface area contributed by atoms with E-state index in [4.69, 9.17) is 19.4 Å². The van der Waals surface area contributed by atoms with Crippen molar-refractivity contribution in [1.82, 2.24) is 15.5 Å². The lowest BCUT2D eigenvalue weighted by atomic mass is 10.1. The standard InChI is InChI=1S/C30H28N6O8/c1-16-3-4-19(27(38)34-24-11-12-44-35-24)13-23(16)36(30(41)43-15-42-29(40)18-5-9-21(37)10-6-18)26(31)25-17(2)22(14-32-25)28(39)33-20-7-8-20/h3-6,9-14,20,31-32,37H,7-8,15H2,1-2H3,(H,33,39)(H,34,35,38). The van der Waals surface area contributed by atoms with Gasteiger partial charge in [-0.1, -0.05) is 11.2 Å². The first-order valence-electron chi connectivity index (χ1n) is 13.5. The van der Waals surface area contributed by atoms with Crippen LogP contribution >= 0.6 is 0 Å². The van der Waals surface area contributed by atoms with E-state index < -0.39 is 24.8 Å². The van der Waals surface area contributed by atoms with Gasteiger partial charge in [-0.25, -0.2) is 14.5 Å². The molecule has 2 aromatic carbocycles. The molecular weight excluding hydrogens is 572 g/mol. The number of carbonyl (C=O) groups is 4. The fourth-order valence-electron chi connectivity index (χ4n) is 4.23. The van der Waals surface area contributed by atoms with Gasteiger partial charge in [0.05, 0.1) is 22.5 Å². The molecule has 226 valence electrons. The molecule has 0 radical (unpaired) electrons. The number of aromatic hydroxyl groups is 1. The van der Waals surface area contributed by atoms with Gasteiger partial charge in [0.25, 0.3) is 11.8 Å². The zero-order valence-corrected chi connectivity index (χ0v) is 23.7. The van der Waals surface area contributed by atoms with Gasteiger partial charge in [-0.3, -0.25) is 15.0 Å². The number of phenolic OH excluding ortho intramolecular Hbond substituents is 1. The van der Waals surface area contributed by atoms with Crippen LogP contribution in [-0.4, -0.2) is 57.8 Å². The highest BCUT2D eigenvalue weighted by atomic mass is 16.7. The Bertz CT molecular complexity index is 1720. The number of hydrogen-bond donors (Lipinski definition) is 5. The average Bonchev–Trinajstić information content (AvgIpc) is 3.49. The number of aryl methyl sites for hydroxylation is 1. The van der Waals surface area contributed by atoms with E-state index in [1.165, 1.54) is 54.9 Å². The topological polar surface area (TPSA) is 200 Å². The third kappa shape index (κ3) is 6.59. The lowest BCUT2D eigenvalue weighted by Gasteiger charge is -2.24. The highest BCUT2D eigenvalue weighted by Gasteiger charge is 2.31. The third-order valence-electron chi connectivity index (χ3n) is 6.81. The fourth-order valence-corrected chi connectivity index (χ4v) is 4.23. The first kappa shape index (κ1) is 29.6. The zero-order chi connectivity index (χ0) is 31.4. The number of esters is 1. The summed E-state index contributed by atoms with van der Waals surface area (Å²) in [6, 6.07) is 11.4. The van der Waals surface area contributed by atoms with Gasteiger partial charge in [-0.2, -0.15) is 0 Å². The summed E-state index contributed by atoms with van der Waals surface area (Å²) in [5.74, 6) is -1.93. The van der Waals surface area contributed by atoms with Gasteiger partial charge < -0.3 is 34.7 Å². The van der Waals surface area contributed by atoms with Crippen molar-refractivity contribution in [1.29, 1.82) is 5.41 Å². The predicted octanol–water partition coefficient (Wildman–Crippen LogP) is 4.25. The smallest absolute Gasteiger partial charge is 0.423 e. The molecule has 1 aliphatic carbocycles. The average molecular weight is 601 g/mol. The SMILES string of the molecule is Cc1ccc(C(=O)Nc2ccon2)cc1N(C(=N)c1[nH]cc(C(=O)NC2CC2)c1C)C(=O)OCOC(=O)c1ccc(O)cc1. The molecule has 0 aliphatic heterocycles. The van der Waals surface area contributed by atoms with Crippen molar-refractivity contribution in [2.24, 2.45) is 0 Å². The Balaban J connectivity index is 1.42. The monoisotopic (exact) mass is 600 g/mol. The van der Waals surface area contributed by atoms with Crippen molar-refractivity contribution >= 4 is 41.2 Å². The minimum absolute atomic E-state index is 0.0396. The molecule has 0 spiro atoms. The van der Waals surface area contributed by atoms with Crippen LogP contribution < -0.4 is 15.5 Å². The third-order valence-corrected chi connectivity index (χ3v) is 6.81. The number of hydrogen-bond acceptors (Lipinski definition) is 10. The molecule has 14 heteroatoms. The molecule has 14 nitrogen and oxygen atoms in total. The van der Waals surface area contributed by atoms with E-state index >= 15 is 0 Å². The van der Waals surface area contributed by atoms with Gasteiger partial charge in [0.15, 0.2) is 11.7 Å². The second-order valence-electron chi connectivity index (χ2n) is 9.98. The molecule has 0 bridgehead atoms. The molecule has 2 heterocycles. The van der Waals surface area contributed by atoms with Crippen LogP contribution in [0.5, 0.6) is 5.75 Å². The van der Waals surface area contributed by atoms with E-state index in [1.807, 2.05) is 0 Å². The number of aromatic amines is 1. The molecule has 5 rings (SSSR count). The van der Waals surface area contributed by atoms with E-state index in [1.54, 1.807) is 19.9 Å². The molecule has 4 aromatic rings. The number of anilines is 2. The van der Waals surface area contributed by atoms with Crippen LogP contribution in [0.1, 0.15) is 60.7 Å². The minimum Gasteiger partial charge on any atom is -0.508 e. The Labute approximate surface area is 250 Å². The van der Waals surface area contributed by atoms with Crippen LogP contribution in [0.4, 0.5) is 16.3 Å². The van der Waals surface area contributed by atoms with Crippen LogP contribution in [0.25, 0.3) is 0 Å². The van der Waals surface area contributed by atoms with E-state index in [0.717, 1.165) is 17.7 Å². The first-order valence-corrected chi connectivity index (χ1v) is 13.5. The Morgan fingerprint density at radius 2 is 1.77 bits per heavy atom. The van der Waals surface area contributed by atoms with Gasteiger partial charge in [-0.15, -0.1) is 0 Å². The maximum absolute atomic E-state index is 13.5. The summed E-state index contributed by atoms with van der Waals surface area (Å²) < 4.78 is 15.1. The number of ether oxygens (including phenoxy) is 2. The molecule has 0 saturated heterocycles.